The molecule has 1 atom stereocenters. The van der Waals surface area contributed by atoms with E-state index in [2.05, 4.69) is 0 Å². The molecule has 0 heterocycles. The molecule has 0 fully saturated rings. The summed E-state index contributed by atoms with van der Waals surface area (Å²) in [5.74, 6) is 0.238. The molecule has 0 saturated carbocycles. The van der Waals surface area contributed by atoms with Gasteiger partial charge in [0.05, 0.1) is 20.6 Å². The van der Waals surface area contributed by atoms with E-state index in [9.17, 15) is 4.79 Å². The Hall–Kier alpha value is -1.46. The molecule has 1 aromatic carbocycles. The van der Waals surface area contributed by atoms with E-state index in [1.807, 2.05) is 0 Å². The van der Waals surface area contributed by atoms with Gasteiger partial charge in [0.25, 0.3) is 0 Å². The van der Waals surface area contributed by atoms with Crippen molar-refractivity contribution >= 4 is 18.4 Å². The number of hydrogen-bond donors (Lipinski definition) is 2. The highest BCUT2D eigenvalue weighted by molar-refractivity contribution is 5.85. The van der Waals surface area contributed by atoms with E-state index in [1.165, 1.54) is 7.11 Å². The molecule has 96 valence electrons. The molecule has 0 spiro atoms. The van der Waals surface area contributed by atoms with Crippen LogP contribution >= 0.6 is 12.4 Å². The number of hydrogen-bond acceptors (Lipinski definition) is 4. The van der Waals surface area contributed by atoms with Gasteiger partial charge in [-0.1, -0.05) is 6.07 Å². The number of halogens is 1. The van der Waals surface area contributed by atoms with Crippen LogP contribution in [0, 0.1) is 0 Å². The van der Waals surface area contributed by atoms with Gasteiger partial charge in [0.1, 0.15) is 11.5 Å². The van der Waals surface area contributed by atoms with Crippen LogP contribution in [-0.2, 0) is 4.79 Å². The van der Waals surface area contributed by atoms with Crippen molar-refractivity contribution in [1.29, 1.82) is 0 Å². The van der Waals surface area contributed by atoms with Crippen LogP contribution in [0.25, 0.3) is 0 Å². The van der Waals surface area contributed by atoms with Gasteiger partial charge in [-0.15, -0.1) is 12.4 Å². The number of carboxylic acid groups (broad SMARTS) is 1. The fraction of sp³-hybridized carbons (Fsp3) is 0.364. The molecule has 0 radical (unpaired) electrons. The lowest BCUT2D eigenvalue weighted by Crippen LogP contribution is -2.15. The Labute approximate surface area is 106 Å². The van der Waals surface area contributed by atoms with E-state index in [0.29, 0.717) is 17.1 Å². The van der Waals surface area contributed by atoms with Crippen molar-refractivity contribution in [2.75, 3.05) is 14.2 Å². The van der Waals surface area contributed by atoms with Crippen LogP contribution in [-0.4, -0.2) is 25.3 Å². The minimum Gasteiger partial charge on any atom is -0.497 e. The molecule has 5 nitrogen and oxygen atoms in total. The monoisotopic (exact) mass is 261 g/mol. The second kappa shape index (κ2) is 6.98. The minimum atomic E-state index is -0.939. The summed E-state index contributed by atoms with van der Waals surface area (Å²) in [6, 6.07) is 4.53. The molecule has 6 heteroatoms. The Kier molecular flexibility index (Phi) is 6.38. The van der Waals surface area contributed by atoms with Crippen LogP contribution in [0.3, 0.4) is 0 Å². The number of nitrogens with two attached hydrogens (primary N) is 1. The molecule has 0 aliphatic heterocycles. The standard InChI is InChI=1S/C11H15NO4.ClH/c1-15-7-3-4-8(10(5-7)16-2)9(12)6-11(13)14;/h3-5,9H,6,12H2,1-2H3,(H,13,14);1H. The maximum absolute atomic E-state index is 10.6. The third-order valence-corrected chi connectivity index (χ3v) is 2.23. The van der Waals surface area contributed by atoms with E-state index in [0.717, 1.165) is 0 Å². The van der Waals surface area contributed by atoms with Gasteiger partial charge in [-0.05, 0) is 6.07 Å². The zero-order valence-corrected chi connectivity index (χ0v) is 10.5. The highest BCUT2D eigenvalue weighted by atomic mass is 35.5. The van der Waals surface area contributed by atoms with E-state index < -0.39 is 12.0 Å². The summed E-state index contributed by atoms with van der Waals surface area (Å²) in [6.45, 7) is 0. The van der Waals surface area contributed by atoms with Gasteiger partial charge in [-0.2, -0.15) is 0 Å². The molecule has 1 rings (SSSR count). The van der Waals surface area contributed by atoms with Crippen LogP contribution < -0.4 is 15.2 Å². The lowest BCUT2D eigenvalue weighted by atomic mass is 10.0. The average molecular weight is 262 g/mol. The van der Waals surface area contributed by atoms with Crippen LogP contribution in [0.5, 0.6) is 11.5 Å². The van der Waals surface area contributed by atoms with Gasteiger partial charge in [0, 0.05) is 17.7 Å². The van der Waals surface area contributed by atoms with Crippen molar-refractivity contribution in [3.05, 3.63) is 23.8 Å². The SMILES string of the molecule is COc1ccc(C(N)CC(=O)O)c(OC)c1.Cl. The van der Waals surface area contributed by atoms with E-state index >= 15 is 0 Å². The summed E-state index contributed by atoms with van der Waals surface area (Å²) < 4.78 is 10.2. The van der Waals surface area contributed by atoms with Gasteiger partial charge in [0.15, 0.2) is 0 Å². The summed E-state index contributed by atoms with van der Waals surface area (Å²) in [7, 11) is 3.05. The predicted molar refractivity (Wildman–Crippen MR) is 66.0 cm³/mol. The number of aliphatic carboxylic acids is 1. The summed E-state index contributed by atoms with van der Waals surface area (Å²) in [5, 5.41) is 8.66. The normalized spacial score (nSPS) is 11.2. The zero-order chi connectivity index (χ0) is 12.1. The number of rotatable bonds is 5. The Balaban J connectivity index is 0.00000256. The van der Waals surface area contributed by atoms with Gasteiger partial charge < -0.3 is 20.3 Å². The van der Waals surface area contributed by atoms with E-state index in [1.54, 1.807) is 25.3 Å². The third kappa shape index (κ3) is 4.13. The highest BCUT2D eigenvalue weighted by Crippen LogP contribution is 2.29. The van der Waals surface area contributed by atoms with Crippen molar-refractivity contribution in [2.45, 2.75) is 12.5 Å². The van der Waals surface area contributed by atoms with Crippen LogP contribution in [0.2, 0.25) is 0 Å². The van der Waals surface area contributed by atoms with Crippen molar-refractivity contribution in [2.24, 2.45) is 5.73 Å². The molecule has 0 bridgehead atoms. The first kappa shape index (κ1) is 15.5. The number of methoxy groups -OCH3 is 2. The van der Waals surface area contributed by atoms with Crippen LogP contribution in [0.4, 0.5) is 0 Å². The Morgan fingerprint density at radius 1 is 1.41 bits per heavy atom. The van der Waals surface area contributed by atoms with E-state index in [-0.39, 0.29) is 18.8 Å². The van der Waals surface area contributed by atoms with Gasteiger partial charge in [-0.3, -0.25) is 4.79 Å². The fourth-order valence-corrected chi connectivity index (χ4v) is 1.42. The molecule has 0 aliphatic rings. The minimum absolute atomic E-state index is 0. The Bertz CT molecular complexity index is 384. The largest absolute Gasteiger partial charge is 0.497 e. The summed E-state index contributed by atoms with van der Waals surface area (Å²) in [5.41, 5.74) is 6.42. The maximum Gasteiger partial charge on any atom is 0.305 e. The van der Waals surface area contributed by atoms with Crippen LogP contribution in [0.15, 0.2) is 18.2 Å². The first-order valence-corrected chi connectivity index (χ1v) is 4.77. The third-order valence-electron chi connectivity index (χ3n) is 2.23. The van der Waals surface area contributed by atoms with E-state index in [4.69, 9.17) is 20.3 Å². The van der Waals surface area contributed by atoms with Crippen molar-refractivity contribution in [1.82, 2.24) is 0 Å². The maximum atomic E-state index is 10.6. The molecule has 17 heavy (non-hydrogen) atoms. The molecule has 0 amide bonds. The fourth-order valence-electron chi connectivity index (χ4n) is 1.42. The molecule has 0 aliphatic carbocycles. The predicted octanol–water partition coefficient (Wildman–Crippen LogP) is 1.60. The second-order valence-electron chi connectivity index (χ2n) is 3.31. The Morgan fingerprint density at radius 2 is 2.06 bits per heavy atom. The number of ether oxygens (including phenoxy) is 2. The first-order chi connectivity index (χ1) is 7.58. The molecule has 1 unspecified atom stereocenters. The highest BCUT2D eigenvalue weighted by Gasteiger charge is 2.15. The number of carboxylic acids is 1. The first-order valence-electron chi connectivity index (χ1n) is 4.77. The van der Waals surface area contributed by atoms with Crippen LogP contribution in [0.1, 0.15) is 18.0 Å². The van der Waals surface area contributed by atoms with Crippen molar-refractivity contribution in [3.8, 4) is 11.5 Å². The quantitative estimate of drug-likeness (QED) is 0.841. The van der Waals surface area contributed by atoms with Crippen molar-refractivity contribution in [3.63, 3.8) is 0 Å². The van der Waals surface area contributed by atoms with Gasteiger partial charge in [-0.25, -0.2) is 0 Å². The average Bonchev–Trinajstić information content (AvgIpc) is 2.27. The Morgan fingerprint density at radius 3 is 2.53 bits per heavy atom. The summed E-state index contributed by atoms with van der Waals surface area (Å²) in [4.78, 5) is 10.6. The zero-order valence-electron chi connectivity index (χ0n) is 9.67. The summed E-state index contributed by atoms with van der Waals surface area (Å²) >= 11 is 0. The lowest BCUT2D eigenvalue weighted by molar-refractivity contribution is -0.137. The van der Waals surface area contributed by atoms with Gasteiger partial charge >= 0.3 is 5.97 Å². The van der Waals surface area contributed by atoms with Crippen molar-refractivity contribution < 1.29 is 19.4 Å². The second-order valence-corrected chi connectivity index (χ2v) is 3.31. The number of carbonyl (C=O) groups is 1. The molecule has 1 aromatic rings. The lowest BCUT2D eigenvalue weighted by Gasteiger charge is -2.14. The molecule has 0 saturated heterocycles. The smallest absolute Gasteiger partial charge is 0.305 e. The number of benzene rings is 1. The summed E-state index contributed by atoms with van der Waals surface area (Å²) in [6.07, 6.45) is -0.136. The molecular weight excluding hydrogens is 246 g/mol. The van der Waals surface area contributed by atoms with Gasteiger partial charge in [0.2, 0.25) is 0 Å². The molecule has 0 aromatic heterocycles. The molecular formula is C11H16ClNO4. The topological polar surface area (TPSA) is 81.8 Å². The molecule has 3 N–H and O–H groups in total.